The van der Waals surface area contributed by atoms with Crippen molar-refractivity contribution in [3.05, 3.63) is 94.8 Å². The van der Waals surface area contributed by atoms with Crippen LogP contribution < -0.4 is 5.32 Å². The number of aryl methyl sites for hydroxylation is 2. The first kappa shape index (κ1) is 22.6. The molecule has 1 unspecified atom stereocenters. The van der Waals surface area contributed by atoms with Crippen molar-refractivity contribution >= 4 is 16.9 Å². The monoisotopic (exact) mass is 444 g/mol. The minimum atomic E-state index is -0.389. The van der Waals surface area contributed by atoms with Crippen LogP contribution in [0.2, 0.25) is 0 Å². The van der Waals surface area contributed by atoms with Gasteiger partial charge in [0.1, 0.15) is 17.7 Å². The molecule has 0 bridgehead atoms. The number of carbonyl (C=O) groups excluding carboxylic acids is 1. The number of pyridine rings is 1. The number of amides is 1. The van der Waals surface area contributed by atoms with E-state index in [1.54, 1.807) is 24.5 Å². The number of imidazole rings is 1. The van der Waals surface area contributed by atoms with Gasteiger partial charge in [0.2, 0.25) is 5.91 Å². The number of rotatable bonds is 8. The third kappa shape index (κ3) is 5.11. The molecule has 0 fully saturated rings. The maximum absolute atomic E-state index is 13.4. The first-order valence-corrected chi connectivity index (χ1v) is 11.4. The van der Waals surface area contributed by atoms with Crippen molar-refractivity contribution in [3.63, 3.8) is 0 Å². The largest absolute Gasteiger partial charge is 0.350 e. The Hall–Kier alpha value is -3.54. The average Bonchev–Trinajstić information content (AvgIpc) is 3.14. The van der Waals surface area contributed by atoms with Gasteiger partial charge in [-0.3, -0.25) is 9.78 Å². The number of nitrogens with one attached hydrogen (secondary N) is 1. The molecular weight excluding hydrogens is 415 g/mol. The van der Waals surface area contributed by atoms with Gasteiger partial charge >= 0.3 is 0 Å². The van der Waals surface area contributed by atoms with Gasteiger partial charge in [-0.15, -0.1) is 0 Å². The Morgan fingerprint density at radius 2 is 1.73 bits per heavy atom. The van der Waals surface area contributed by atoms with E-state index in [4.69, 9.17) is 4.98 Å². The van der Waals surface area contributed by atoms with Crippen molar-refractivity contribution in [1.29, 1.82) is 0 Å². The maximum atomic E-state index is 13.4. The Morgan fingerprint density at radius 3 is 2.42 bits per heavy atom. The molecule has 0 aliphatic rings. The molecule has 4 rings (SSSR count). The first-order valence-electron chi connectivity index (χ1n) is 11.4. The summed E-state index contributed by atoms with van der Waals surface area (Å²) in [5.41, 5.74) is 6.10. The summed E-state index contributed by atoms with van der Waals surface area (Å²) >= 11 is 0. The van der Waals surface area contributed by atoms with E-state index in [0.29, 0.717) is 19.4 Å². The fourth-order valence-electron chi connectivity index (χ4n) is 4.12. The molecular formula is C27H29FN4O. The zero-order valence-corrected chi connectivity index (χ0v) is 19.3. The second kappa shape index (κ2) is 9.94. The molecule has 33 heavy (non-hydrogen) atoms. The van der Waals surface area contributed by atoms with Gasteiger partial charge in [0, 0.05) is 25.4 Å². The minimum absolute atomic E-state index is 0.0356. The van der Waals surface area contributed by atoms with E-state index in [-0.39, 0.29) is 17.8 Å². The Labute approximate surface area is 193 Å². The van der Waals surface area contributed by atoms with Gasteiger partial charge in [0.05, 0.1) is 11.0 Å². The predicted molar refractivity (Wildman–Crippen MR) is 128 cm³/mol. The van der Waals surface area contributed by atoms with Crippen LogP contribution in [-0.2, 0) is 17.8 Å². The first-order chi connectivity index (χ1) is 16.0. The van der Waals surface area contributed by atoms with Gasteiger partial charge in [-0.2, -0.15) is 0 Å². The summed E-state index contributed by atoms with van der Waals surface area (Å²) < 4.78 is 15.5. The van der Waals surface area contributed by atoms with E-state index in [0.717, 1.165) is 45.5 Å². The zero-order chi connectivity index (χ0) is 23.4. The standard InChI is InChI=1S/C27H29FN4O/c1-4-5-24(27(33)30-17-21-10-12-29-13-11-21)32-25-15-19(3)18(2)14-23(25)31-26(32)16-20-6-8-22(28)9-7-20/h6-15,24H,4-5,16-17H2,1-3H3,(H,30,33). The Bertz CT molecular complexity index is 1250. The van der Waals surface area contributed by atoms with Crippen LogP contribution in [0.25, 0.3) is 11.0 Å². The fraction of sp³-hybridized carbons (Fsp3) is 0.296. The van der Waals surface area contributed by atoms with Crippen molar-refractivity contribution in [2.45, 2.75) is 52.6 Å². The van der Waals surface area contributed by atoms with Crippen molar-refractivity contribution in [1.82, 2.24) is 19.9 Å². The number of hydrogen-bond acceptors (Lipinski definition) is 3. The summed E-state index contributed by atoms with van der Waals surface area (Å²) in [4.78, 5) is 22.4. The smallest absolute Gasteiger partial charge is 0.243 e. The molecule has 0 saturated carbocycles. The van der Waals surface area contributed by atoms with Crippen molar-refractivity contribution in [2.75, 3.05) is 0 Å². The van der Waals surface area contributed by atoms with Crippen LogP contribution in [0.3, 0.4) is 0 Å². The Morgan fingerprint density at radius 1 is 1.03 bits per heavy atom. The van der Waals surface area contributed by atoms with Crippen LogP contribution in [-0.4, -0.2) is 20.4 Å². The molecule has 0 spiro atoms. The number of aromatic nitrogens is 3. The quantitative estimate of drug-likeness (QED) is 0.394. The Balaban J connectivity index is 1.74. The van der Waals surface area contributed by atoms with Gasteiger partial charge in [-0.25, -0.2) is 9.37 Å². The molecule has 0 radical (unpaired) electrons. The molecule has 2 aromatic heterocycles. The molecule has 0 aliphatic heterocycles. The molecule has 170 valence electrons. The summed E-state index contributed by atoms with van der Waals surface area (Å²) in [5, 5.41) is 3.10. The molecule has 1 amide bonds. The highest BCUT2D eigenvalue weighted by atomic mass is 19.1. The lowest BCUT2D eigenvalue weighted by Crippen LogP contribution is -2.33. The minimum Gasteiger partial charge on any atom is -0.350 e. The topological polar surface area (TPSA) is 59.8 Å². The van der Waals surface area contributed by atoms with E-state index in [9.17, 15) is 9.18 Å². The second-order valence-corrected chi connectivity index (χ2v) is 8.50. The SMILES string of the molecule is CCCC(C(=O)NCc1ccncc1)n1c(Cc2ccc(F)cc2)nc2cc(C)c(C)cc21. The lowest BCUT2D eigenvalue weighted by atomic mass is 10.1. The normalized spacial score (nSPS) is 12.1. The molecule has 2 heterocycles. The Kier molecular flexibility index (Phi) is 6.82. The second-order valence-electron chi connectivity index (χ2n) is 8.50. The summed E-state index contributed by atoms with van der Waals surface area (Å²) in [7, 11) is 0. The molecule has 1 N–H and O–H groups in total. The number of hydrogen-bond donors (Lipinski definition) is 1. The van der Waals surface area contributed by atoms with E-state index in [2.05, 4.69) is 47.8 Å². The van der Waals surface area contributed by atoms with Gasteiger partial charge < -0.3 is 9.88 Å². The average molecular weight is 445 g/mol. The van der Waals surface area contributed by atoms with E-state index in [1.165, 1.54) is 12.1 Å². The maximum Gasteiger partial charge on any atom is 0.243 e. The lowest BCUT2D eigenvalue weighted by molar-refractivity contribution is -0.124. The summed E-state index contributed by atoms with van der Waals surface area (Å²) in [6, 6.07) is 14.1. The van der Waals surface area contributed by atoms with Crippen LogP contribution in [0.15, 0.2) is 60.9 Å². The molecule has 4 aromatic rings. The molecule has 5 nitrogen and oxygen atoms in total. The molecule has 6 heteroatoms. The van der Waals surface area contributed by atoms with Crippen LogP contribution >= 0.6 is 0 Å². The third-order valence-electron chi connectivity index (χ3n) is 6.05. The molecule has 0 aliphatic carbocycles. The molecule has 2 aromatic carbocycles. The molecule has 1 atom stereocenters. The van der Waals surface area contributed by atoms with Gasteiger partial charge in [0.15, 0.2) is 0 Å². The molecule has 0 saturated heterocycles. The summed E-state index contributed by atoms with van der Waals surface area (Å²) in [5.74, 6) is 0.503. The number of benzene rings is 2. The summed E-state index contributed by atoms with van der Waals surface area (Å²) in [6.45, 7) is 6.67. The highest BCUT2D eigenvalue weighted by Gasteiger charge is 2.25. The van der Waals surface area contributed by atoms with Crippen LogP contribution in [0.4, 0.5) is 4.39 Å². The van der Waals surface area contributed by atoms with Crippen LogP contribution in [0, 0.1) is 19.7 Å². The fourth-order valence-corrected chi connectivity index (χ4v) is 4.12. The van der Waals surface area contributed by atoms with E-state index in [1.807, 2.05) is 12.1 Å². The number of carbonyl (C=O) groups is 1. The van der Waals surface area contributed by atoms with Crippen LogP contribution in [0.5, 0.6) is 0 Å². The number of nitrogens with zero attached hydrogens (tertiary/aromatic N) is 3. The van der Waals surface area contributed by atoms with E-state index >= 15 is 0 Å². The van der Waals surface area contributed by atoms with Crippen LogP contribution in [0.1, 0.15) is 53.9 Å². The highest BCUT2D eigenvalue weighted by Crippen LogP contribution is 2.28. The van der Waals surface area contributed by atoms with Crippen molar-refractivity contribution in [2.24, 2.45) is 0 Å². The summed E-state index contributed by atoms with van der Waals surface area (Å²) in [6.07, 6.45) is 5.51. The van der Waals surface area contributed by atoms with E-state index < -0.39 is 0 Å². The van der Waals surface area contributed by atoms with Gasteiger partial charge in [0.25, 0.3) is 0 Å². The highest BCUT2D eigenvalue weighted by molar-refractivity contribution is 5.85. The lowest BCUT2D eigenvalue weighted by Gasteiger charge is -2.21. The van der Waals surface area contributed by atoms with Gasteiger partial charge in [-0.05, 0) is 78.9 Å². The van der Waals surface area contributed by atoms with Gasteiger partial charge in [-0.1, -0.05) is 25.5 Å². The third-order valence-corrected chi connectivity index (χ3v) is 6.05. The van der Waals surface area contributed by atoms with Crippen molar-refractivity contribution in [3.8, 4) is 0 Å². The zero-order valence-electron chi connectivity index (χ0n) is 19.3. The number of halogens is 1. The predicted octanol–water partition coefficient (Wildman–Crippen LogP) is 5.44. The van der Waals surface area contributed by atoms with Crippen molar-refractivity contribution < 1.29 is 9.18 Å². The number of fused-ring (bicyclic) bond motifs is 1.